The van der Waals surface area contributed by atoms with Crippen LogP contribution in [0.2, 0.25) is 0 Å². The molecule has 5 nitrogen and oxygen atoms in total. The van der Waals surface area contributed by atoms with Crippen LogP contribution in [0, 0.1) is 0 Å². The van der Waals surface area contributed by atoms with Gasteiger partial charge in [0.25, 0.3) is 0 Å². The molecule has 0 aliphatic rings. The van der Waals surface area contributed by atoms with Crippen molar-refractivity contribution in [3.05, 3.63) is 0 Å². The second kappa shape index (κ2) is 51.0. The van der Waals surface area contributed by atoms with Gasteiger partial charge in [0.1, 0.15) is 6.10 Å². The van der Waals surface area contributed by atoms with Gasteiger partial charge < -0.3 is 20.6 Å². The van der Waals surface area contributed by atoms with Crippen molar-refractivity contribution in [2.45, 2.75) is 340 Å². The quantitative estimate of drug-likeness (QED) is 0.0459. The van der Waals surface area contributed by atoms with Crippen LogP contribution in [0.25, 0.3) is 0 Å². The lowest BCUT2D eigenvalue weighted by atomic mass is 9.99. The third kappa shape index (κ3) is 45.4. The van der Waals surface area contributed by atoms with Crippen molar-refractivity contribution in [2.75, 3.05) is 6.61 Å². The third-order valence-corrected chi connectivity index (χ3v) is 13.5. The first-order valence-corrected chi connectivity index (χ1v) is 27.8. The summed E-state index contributed by atoms with van der Waals surface area (Å²) in [6, 6.07) is -0.802. The zero-order valence-corrected chi connectivity index (χ0v) is 41.1. The minimum atomic E-state index is -1.13. The van der Waals surface area contributed by atoms with Gasteiger partial charge in [-0.1, -0.05) is 303 Å². The molecule has 0 aromatic carbocycles. The number of rotatable bonds is 52. The second-order valence-corrected chi connectivity index (χ2v) is 19.5. The molecule has 0 saturated heterocycles. The SMILES string of the molecule is CCCCCCCCCCCCCCCCCCCCCCCCCCCCCCCCCCCCCCCC(=O)NC(CO)C(O)C(O)CCCCCCCCCCC. The van der Waals surface area contributed by atoms with E-state index < -0.39 is 18.2 Å². The molecule has 60 heavy (non-hydrogen) atoms. The Morgan fingerprint density at radius 3 is 0.800 bits per heavy atom. The number of nitrogens with one attached hydrogen (secondary N) is 1. The number of carbonyl (C=O) groups excluding carboxylic acids is 1. The number of aliphatic hydroxyl groups is 3. The Kier molecular flexibility index (Phi) is 50.4. The molecule has 3 unspecified atom stereocenters. The van der Waals surface area contributed by atoms with Crippen LogP contribution in [0.5, 0.6) is 0 Å². The molecular formula is C55H111NO4. The lowest BCUT2D eigenvalue weighted by Crippen LogP contribution is -2.50. The highest BCUT2D eigenvalue weighted by Gasteiger charge is 2.26. The highest BCUT2D eigenvalue weighted by atomic mass is 16.3. The lowest BCUT2D eigenvalue weighted by molar-refractivity contribution is -0.124. The molecule has 4 N–H and O–H groups in total. The van der Waals surface area contributed by atoms with Gasteiger partial charge in [0, 0.05) is 6.42 Å². The average Bonchev–Trinajstić information content (AvgIpc) is 3.25. The van der Waals surface area contributed by atoms with E-state index in [0.29, 0.717) is 12.8 Å². The molecule has 0 radical (unpaired) electrons. The molecule has 0 saturated carbocycles. The Labute approximate surface area is 377 Å². The maximum absolute atomic E-state index is 12.4. The molecule has 0 aromatic rings. The summed E-state index contributed by atoms with van der Waals surface area (Å²) >= 11 is 0. The Balaban J connectivity index is 3.35. The second-order valence-electron chi connectivity index (χ2n) is 19.5. The molecule has 1 amide bonds. The molecule has 0 rings (SSSR count). The van der Waals surface area contributed by atoms with E-state index in [1.54, 1.807) is 0 Å². The van der Waals surface area contributed by atoms with Crippen LogP contribution in [0.3, 0.4) is 0 Å². The first-order valence-electron chi connectivity index (χ1n) is 27.8. The summed E-state index contributed by atoms with van der Waals surface area (Å²) in [5.74, 6) is -0.139. The Morgan fingerprint density at radius 2 is 0.567 bits per heavy atom. The van der Waals surface area contributed by atoms with Crippen LogP contribution >= 0.6 is 0 Å². The van der Waals surface area contributed by atoms with Crippen molar-refractivity contribution in [1.82, 2.24) is 5.32 Å². The van der Waals surface area contributed by atoms with Crippen molar-refractivity contribution < 1.29 is 20.1 Å². The molecule has 0 aliphatic carbocycles. The number of carbonyl (C=O) groups is 1. The predicted molar refractivity (Wildman–Crippen MR) is 264 cm³/mol. The van der Waals surface area contributed by atoms with Gasteiger partial charge in [-0.15, -0.1) is 0 Å². The summed E-state index contributed by atoms with van der Waals surface area (Å²) < 4.78 is 0. The molecule has 5 heteroatoms. The zero-order valence-electron chi connectivity index (χ0n) is 41.1. The van der Waals surface area contributed by atoms with E-state index in [1.807, 2.05) is 0 Å². The number of hydrogen-bond donors (Lipinski definition) is 4. The first-order chi connectivity index (χ1) is 29.6. The van der Waals surface area contributed by atoms with Crippen LogP contribution in [-0.2, 0) is 4.79 Å². The van der Waals surface area contributed by atoms with E-state index >= 15 is 0 Å². The van der Waals surface area contributed by atoms with Crippen molar-refractivity contribution in [1.29, 1.82) is 0 Å². The number of unbranched alkanes of at least 4 members (excludes halogenated alkanes) is 44. The molecule has 0 fully saturated rings. The molecular weight excluding hydrogens is 739 g/mol. The van der Waals surface area contributed by atoms with E-state index in [0.717, 1.165) is 38.5 Å². The number of amides is 1. The van der Waals surface area contributed by atoms with Crippen LogP contribution < -0.4 is 5.32 Å². The van der Waals surface area contributed by atoms with Gasteiger partial charge in [0.2, 0.25) is 5.91 Å². The maximum atomic E-state index is 12.4. The van der Waals surface area contributed by atoms with Gasteiger partial charge in [0.05, 0.1) is 18.8 Å². The highest BCUT2D eigenvalue weighted by Crippen LogP contribution is 2.19. The number of aliphatic hydroxyl groups excluding tert-OH is 3. The van der Waals surface area contributed by atoms with Crippen molar-refractivity contribution in [2.24, 2.45) is 0 Å². The lowest BCUT2D eigenvalue weighted by Gasteiger charge is -2.26. The highest BCUT2D eigenvalue weighted by molar-refractivity contribution is 5.76. The molecule has 3 atom stereocenters. The Bertz CT molecular complexity index is 807. The van der Waals surface area contributed by atoms with Crippen molar-refractivity contribution >= 4 is 5.91 Å². The van der Waals surface area contributed by atoms with E-state index in [4.69, 9.17) is 0 Å². The van der Waals surface area contributed by atoms with Gasteiger partial charge in [-0.05, 0) is 12.8 Å². The normalized spacial score (nSPS) is 13.2. The minimum Gasteiger partial charge on any atom is -0.394 e. The van der Waals surface area contributed by atoms with Gasteiger partial charge in [0.15, 0.2) is 0 Å². The number of hydrogen-bond acceptors (Lipinski definition) is 4. The van der Waals surface area contributed by atoms with E-state index in [1.165, 1.54) is 257 Å². The first kappa shape index (κ1) is 59.4. The summed E-state index contributed by atoms with van der Waals surface area (Å²) in [6.45, 7) is 4.18. The maximum Gasteiger partial charge on any atom is 0.220 e. The van der Waals surface area contributed by atoms with Crippen molar-refractivity contribution in [3.63, 3.8) is 0 Å². The summed E-state index contributed by atoms with van der Waals surface area (Å²) in [7, 11) is 0. The summed E-state index contributed by atoms with van der Waals surface area (Å²) in [5.41, 5.74) is 0. The fourth-order valence-corrected chi connectivity index (χ4v) is 9.17. The molecule has 0 aliphatic heterocycles. The minimum absolute atomic E-state index is 0.139. The summed E-state index contributed by atoms with van der Waals surface area (Å²) in [6.07, 6.45) is 61.5. The largest absolute Gasteiger partial charge is 0.394 e. The fourth-order valence-electron chi connectivity index (χ4n) is 9.17. The topological polar surface area (TPSA) is 89.8 Å². The molecule has 0 heterocycles. The molecule has 0 bridgehead atoms. The monoisotopic (exact) mass is 850 g/mol. The Hall–Kier alpha value is -0.650. The molecule has 0 spiro atoms. The van der Waals surface area contributed by atoms with E-state index in [2.05, 4.69) is 19.2 Å². The average molecular weight is 850 g/mol. The summed E-state index contributed by atoms with van der Waals surface area (Å²) in [4.78, 5) is 12.4. The smallest absolute Gasteiger partial charge is 0.220 e. The van der Waals surface area contributed by atoms with E-state index in [9.17, 15) is 20.1 Å². The zero-order chi connectivity index (χ0) is 43.7. The van der Waals surface area contributed by atoms with Gasteiger partial charge in [-0.2, -0.15) is 0 Å². The Morgan fingerprint density at radius 1 is 0.350 bits per heavy atom. The third-order valence-electron chi connectivity index (χ3n) is 13.5. The van der Waals surface area contributed by atoms with Crippen molar-refractivity contribution in [3.8, 4) is 0 Å². The fraction of sp³-hybridized carbons (Fsp3) is 0.982. The summed E-state index contributed by atoms with van der Waals surface area (Å²) in [5, 5.41) is 33.5. The van der Waals surface area contributed by atoms with Crippen LogP contribution in [0.4, 0.5) is 0 Å². The van der Waals surface area contributed by atoms with Crippen LogP contribution in [0.1, 0.15) is 322 Å². The van der Waals surface area contributed by atoms with Gasteiger partial charge in [-0.3, -0.25) is 4.79 Å². The van der Waals surface area contributed by atoms with Gasteiger partial charge >= 0.3 is 0 Å². The van der Waals surface area contributed by atoms with Crippen LogP contribution in [-0.4, -0.2) is 46.1 Å². The van der Waals surface area contributed by atoms with Gasteiger partial charge in [-0.25, -0.2) is 0 Å². The standard InChI is InChI=1S/C55H111NO4/c1-3-5-7-9-11-13-14-15-16-17-18-19-20-21-22-23-24-25-26-27-28-29-30-31-32-33-34-35-36-37-38-39-40-42-44-46-48-50-54(59)56-52(51-57)55(60)53(58)49-47-45-43-41-12-10-8-6-4-2/h52-53,55,57-58,60H,3-51H2,1-2H3,(H,56,59). The predicted octanol–water partition coefficient (Wildman–Crippen LogP) is 16.9. The van der Waals surface area contributed by atoms with Crippen LogP contribution in [0.15, 0.2) is 0 Å². The molecule has 360 valence electrons. The molecule has 0 aromatic heterocycles. The van der Waals surface area contributed by atoms with E-state index in [-0.39, 0.29) is 12.5 Å².